The fourth-order valence-electron chi connectivity index (χ4n) is 2.93. The van der Waals surface area contributed by atoms with E-state index >= 15 is 0 Å². The van der Waals surface area contributed by atoms with Crippen molar-refractivity contribution in [3.63, 3.8) is 0 Å². The number of hydrogen-bond acceptors (Lipinski definition) is 4. The first-order valence-electron chi connectivity index (χ1n) is 8.24. The van der Waals surface area contributed by atoms with E-state index in [-0.39, 0.29) is 35.5 Å². The topological polar surface area (TPSA) is 70.4 Å². The molecule has 28 heavy (non-hydrogen) atoms. The van der Waals surface area contributed by atoms with E-state index < -0.39 is 17.7 Å². The molecule has 3 rings (SSSR count). The molecule has 0 N–H and O–H groups in total. The molecule has 0 saturated heterocycles. The van der Waals surface area contributed by atoms with Gasteiger partial charge in [-0.25, -0.2) is 9.18 Å². The van der Waals surface area contributed by atoms with Gasteiger partial charge in [0.05, 0.1) is 18.8 Å². The van der Waals surface area contributed by atoms with Gasteiger partial charge in [-0.3, -0.25) is 4.79 Å². The first-order chi connectivity index (χ1) is 13.4. The number of carbonyl (C=O) groups is 2. The van der Waals surface area contributed by atoms with Crippen LogP contribution < -0.4 is 0 Å². The first-order valence-corrected chi connectivity index (χ1v) is 9.41. The van der Waals surface area contributed by atoms with Gasteiger partial charge in [0.1, 0.15) is 11.9 Å². The maximum Gasteiger partial charge on any atom is 0.351 e. The summed E-state index contributed by atoms with van der Waals surface area (Å²) in [6.45, 7) is 1.51. The third-order valence-corrected chi connectivity index (χ3v) is 4.88. The Hall–Kier alpha value is -2.69. The van der Waals surface area contributed by atoms with Gasteiger partial charge in [-0.05, 0) is 37.3 Å². The Balaban J connectivity index is 2.18. The molecule has 0 spiro atoms. The Labute approximate surface area is 174 Å². The van der Waals surface area contributed by atoms with Crippen LogP contribution in [-0.2, 0) is 16.1 Å². The summed E-state index contributed by atoms with van der Waals surface area (Å²) in [5.74, 6) is -1.84. The van der Waals surface area contributed by atoms with Crippen molar-refractivity contribution in [1.29, 1.82) is 5.26 Å². The van der Waals surface area contributed by atoms with Gasteiger partial charge in [0.25, 0.3) is 5.91 Å². The molecule has 0 bridgehead atoms. The molecule has 0 aromatic heterocycles. The predicted molar refractivity (Wildman–Crippen MR) is 105 cm³/mol. The van der Waals surface area contributed by atoms with Crippen molar-refractivity contribution in [3.8, 4) is 6.07 Å². The smallest absolute Gasteiger partial charge is 0.351 e. The number of halogens is 3. The molecule has 1 amide bonds. The molecule has 2 aromatic rings. The lowest BCUT2D eigenvalue weighted by molar-refractivity contribution is -0.137. The molecule has 1 heterocycles. The lowest BCUT2D eigenvalue weighted by Gasteiger charge is -2.20. The van der Waals surface area contributed by atoms with Gasteiger partial charge < -0.3 is 9.64 Å². The highest BCUT2D eigenvalue weighted by Gasteiger charge is 2.37. The van der Waals surface area contributed by atoms with Crippen molar-refractivity contribution in [3.05, 3.63) is 74.0 Å². The molecule has 0 atom stereocenters. The average molecular weight is 464 g/mol. The molecule has 2 aromatic carbocycles. The molecule has 0 fully saturated rings. The minimum absolute atomic E-state index is 0.0609. The maximum absolute atomic E-state index is 14.4. The van der Waals surface area contributed by atoms with Crippen LogP contribution in [0.2, 0.25) is 5.02 Å². The van der Waals surface area contributed by atoms with Crippen LogP contribution in [0.25, 0.3) is 5.70 Å². The highest BCUT2D eigenvalue weighted by Crippen LogP contribution is 2.38. The second-order valence-electron chi connectivity index (χ2n) is 5.87. The number of hydrogen-bond donors (Lipinski definition) is 0. The number of nitrogens with zero attached hydrogens (tertiary/aromatic N) is 2. The van der Waals surface area contributed by atoms with E-state index in [4.69, 9.17) is 16.3 Å². The Morgan fingerprint density at radius 3 is 2.68 bits per heavy atom. The summed E-state index contributed by atoms with van der Waals surface area (Å²) in [6.07, 6.45) is 0. The van der Waals surface area contributed by atoms with Crippen LogP contribution in [0, 0.1) is 17.1 Å². The van der Waals surface area contributed by atoms with E-state index in [1.165, 1.54) is 35.2 Å². The summed E-state index contributed by atoms with van der Waals surface area (Å²) in [5.41, 5.74) is 0.558. The molecule has 0 unspecified atom stereocenters. The minimum Gasteiger partial charge on any atom is -0.462 e. The molecule has 5 nitrogen and oxygen atoms in total. The maximum atomic E-state index is 14.4. The number of fused-ring (bicyclic) bond motifs is 1. The number of amides is 1. The van der Waals surface area contributed by atoms with E-state index in [1.54, 1.807) is 13.0 Å². The summed E-state index contributed by atoms with van der Waals surface area (Å²) in [5, 5.41) is 9.91. The lowest BCUT2D eigenvalue weighted by atomic mass is 10.0. The second-order valence-corrected chi connectivity index (χ2v) is 7.22. The summed E-state index contributed by atoms with van der Waals surface area (Å²) >= 11 is 9.24. The quantitative estimate of drug-likeness (QED) is 0.374. The molecule has 8 heteroatoms. The van der Waals surface area contributed by atoms with Crippen LogP contribution in [-0.4, -0.2) is 23.4 Å². The number of nitriles is 1. The van der Waals surface area contributed by atoms with Crippen molar-refractivity contribution in [1.82, 2.24) is 4.90 Å². The predicted octanol–water partition coefficient (Wildman–Crippen LogP) is 4.70. The number of benzene rings is 2. The monoisotopic (exact) mass is 462 g/mol. The van der Waals surface area contributed by atoms with Crippen LogP contribution in [0.5, 0.6) is 0 Å². The third-order valence-electron chi connectivity index (χ3n) is 4.15. The molecule has 1 aliphatic rings. The van der Waals surface area contributed by atoms with Gasteiger partial charge in [0.15, 0.2) is 5.57 Å². The van der Waals surface area contributed by atoms with Crippen LogP contribution in [0.15, 0.2) is 46.4 Å². The molecule has 0 aliphatic carbocycles. The SMILES string of the molecule is CCOC(=O)/C(C#N)=C1/c2cc(Cl)ccc2C(=O)N1Cc1ccc(Br)cc1F. The Bertz CT molecular complexity index is 1060. The fraction of sp³-hybridized carbons (Fsp3) is 0.150. The molecule has 1 aliphatic heterocycles. The van der Waals surface area contributed by atoms with Gasteiger partial charge in [-0.15, -0.1) is 0 Å². The second kappa shape index (κ2) is 8.13. The van der Waals surface area contributed by atoms with Gasteiger partial charge in [-0.1, -0.05) is 33.6 Å². The number of esters is 1. The van der Waals surface area contributed by atoms with Crippen LogP contribution in [0.1, 0.15) is 28.4 Å². The minimum atomic E-state index is -0.859. The standard InChI is InChI=1S/C20H13BrClFN2O3/c1-2-28-20(27)16(9-24)18-15-8-13(22)5-6-14(15)19(26)25(18)10-11-3-4-12(21)7-17(11)23/h3-8H,2,10H2,1H3/b18-16-. The van der Waals surface area contributed by atoms with Crippen LogP contribution in [0.4, 0.5) is 4.39 Å². The normalized spacial score (nSPS) is 14.5. The first kappa shape index (κ1) is 20.1. The summed E-state index contributed by atoms with van der Waals surface area (Å²) in [6, 6.07) is 10.8. The number of rotatable bonds is 4. The van der Waals surface area contributed by atoms with E-state index in [1.807, 2.05) is 6.07 Å². The van der Waals surface area contributed by atoms with Gasteiger partial charge in [0, 0.05) is 26.2 Å². The van der Waals surface area contributed by atoms with Crippen LogP contribution in [0.3, 0.4) is 0 Å². The largest absolute Gasteiger partial charge is 0.462 e. The van der Waals surface area contributed by atoms with Crippen molar-refractivity contribution < 1.29 is 18.7 Å². The van der Waals surface area contributed by atoms with Crippen molar-refractivity contribution in [2.24, 2.45) is 0 Å². The van der Waals surface area contributed by atoms with E-state index in [9.17, 15) is 19.2 Å². The molecule has 0 saturated carbocycles. The lowest BCUT2D eigenvalue weighted by Crippen LogP contribution is -2.25. The Kier molecular flexibility index (Phi) is 5.82. The Morgan fingerprint density at radius 1 is 1.29 bits per heavy atom. The molecular formula is C20H13BrClFN2O3. The van der Waals surface area contributed by atoms with E-state index in [0.717, 1.165) is 0 Å². The van der Waals surface area contributed by atoms with Gasteiger partial charge >= 0.3 is 5.97 Å². The number of carbonyl (C=O) groups excluding carboxylic acids is 2. The molecule has 142 valence electrons. The van der Waals surface area contributed by atoms with Crippen molar-refractivity contribution >= 4 is 45.1 Å². The summed E-state index contributed by atoms with van der Waals surface area (Å²) in [7, 11) is 0. The summed E-state index contributed by atoms with van der Waals surface area (Å²) < 4.78 is 19.9. The van der Waals surface area contributed by atoms with E-state index in [2.05, 4.69) is 15.9 Å². The zero-order valence-corrected chi connectivity index (χ0v) is 17.0. The summed E-state index contributed by atoms with van der Waals surface area (Å²) in [4.78, 5) is 26.5. The highest BCUT2D eigenvalue weighted by atomic mass is 79.9. The zero-order valence-electron chi connectivity index (χ0n) is 14.6. The average Bonchev–Trinajstić information content (AvgIpc) is 2.90. The Morgan fingerprint density at radius 2 is 2.04 bits per heavy atom. The van der Waals surface area contributed by atoms with Crippen molar-refractivity contribution in [2.45, 2.75) is 13.5 Å². The number of ether oxygens (including phenoxy) is 1. The zero-order chi connectivity index (χ0) is 20.4. The third kappa shape index (κ3) is 3.66. The highest BCUT2D eigenvalue weighted by molar-refractivity contribution is 9.10. The molecular weight excluding hydrogens is 451 g/mol. The van der Waals surface area contributed by atoms with Crippen molar-refractivity contribution in [2.75, 3.05) is 6.61 Å². The van der Waals surface area contributed by atoms with Gasteiger partial charge in [0.2, 0.25) is 0 Å². The fourth-order valence-corrected chi connectivity index (χ4v) is 3.44. The van der Waals surface area contributed by atoms with Gasteiger partial charge in [-0.2, -0.15) is 5.26 Å². The molecule has 0 radical (unpaired) electrons. The van der Waals surface area contributed by atoms with E-state index in [0.29, 0.717) is 15.1 Å². The van der Waals surface area contributed by atoms with Crippen LogP contribution >= 0.6 is 27.5 Å².